The highest BCUT2D eigenvalue weighted by Gasteiger charge is 2.44. The van der Waals surface area contributed by atoms with Gasteiger partial charge in [0.25, 0.3) is 0 Å². The number of ether oxygens (including phenoxy) is 1. The molecule has 1 heterocycles. The zero-order valence-corrected chi connectivity index (χ0v) is 28.2. The van der Waals surface area contributed by atoms with Crippen LogP contribution < -0.4 is 4.74 Å². The maximum absolute atomic E-state index is 11.8. The molecule has 0 amide bonds. The van der Waals surface area contributed by atoms with Crippen LogP contribution in [-0.4, -0.2) is 24.0 Å². The van der Waals surface area contributed by atoms with E-state index >= 15 is 0 Å². The van der Waals surface area contributed by atoms with Crippen molar-refractivity contribution in [1.82, 2.24) is 4.98 Å². The van der Waals surface area contributed by atoms with E-state index in [4.69, 9.17) is 14.1 Å². The second kappa shape index (κ2) is 10.5. The molecule has 2 atom stereocenters. The highest BCUT2D eigenvalue weighted by molar-refractivity contribution is 14.1. The van der Waals surface area contributed by atoms with Crippen LogP contribution in [0.2, 0.25) is 18.1 Å². The summed E-state index contributed by atoms with van der Waals surface area (Å²) in [6, 6.07) is 7.84. The molecule has 206 valence electrons. The number of aromatic nitrogens is 1. The van der Waals surface area contributed by atoms with Crippen LogP contribution in [0.3, 0.4) is 0 Å². The van der Waals surface area contributed by atoms with Crippen LogP contribution in [0.25, 0.3) is 0 Å². The minimum atomic E-state index is -2.02. The van der Waals surface area contributed by atoms with E-state index in [-0.39, 0.29) is 28.1 Å². The predicted octanol–water partition coefficient (Wildman–Crippen LogP) is 9.10. The lowest BCUT2D eigenvalue weighted by molar-refractivity contribution is 0.104. The molecule has 0 saturated carbocycles. The molecule has 1 aliphatic carbocycles. The number of nitrogens with zero attached hydrogens (tertiary/aromatic N) is 1. The SMILES string of the molecule is CC(C)c1nc2c(c(I)c1[C@H](O)c1ccc(OC(C)(C)C)cc1)[C@@H](O[Si](C)(C)C(C)(C)C)CC(C)(C)C2. The first-order valence-electron chi connectivity index (χ1n) is 13.6. The average Bonchev–Trinajstić information content (AvgIpc) is 2.70. The van der Waals surface area contributed by atoms with Crippen LogP contribution in [0.15, 0.2) is 24.3 Å². The third-order valence-corrected chi connectivity index (χ3v) is 13.4. The second-order valence-electron chi connectivity index (χ2n) is 14.3. The molecule has 0 spiro atoms. The zero-order valence-electron chi connectivity index (χ0n) is 25.0. The second-order valence-corrected chi connectivity index (χ2v) is 20.2. The molecule has 1 aromatic heterocycles. The van der Waals surface area contributed by atoms with E-state index in [2.05, 4.69) is 84.2 Å². The number of hydrogen-bond donors (Lipinski definition) is 1. The molecule has 0 unspecified atom stereocenters. The quantitative estimate of drug-likeness (QED) is 0.254. The van der Waals surface area contributed by atoms with Crippen LogP contribution in [0.5, 0.6) is 5.75 Å². The van der Waals surface area contributed by atoms with E-state index in [1.165, 1.54) is 5.56 Å². The van der Waals surface area contributed by atoms with Crippen LogP contribution >= 0.6 is 22.6 Å². The van der Waals surface area contributed by atoms with Gasteiger partial charge >= 0.3 is 0 Å². The van der Waals surface area contributed by atoms with Gasteiger partial charge in [-0.2, -0.15) is 0 Å². The first kappa shape index (κ1) is 30.6. The van der Waals surface area contributed by atoms with Crippen molar-refractivity contribution in [2.45, 2.75) is 124 Å². The van der Waals surface area contributed by atoms with Crippen molar-refractivity contribution in [2.24, 2.45) is 5.41 Å². The molecule has 1 aromatic carbocycles. The fourth-order valence-electron chi connectivity index (χ4n) is 4.81. The number of aliphatic hydroxyl groups is 1. The van der Waals surface area contributed by atoms with Crippen molar-refractivity contribution in [3.05, 3.63) is 55.9 Å². The Morgan fingerprint density at radius 3 is 2.11 bits per heavy atom. The summed E-state index contributed by atoms with van der Waals surface area (Å²) in [5.74, 6) is 0.993. The maximum Gasteiger partial charge on any atom is 0.192 e. The summed E-state index contributed by atoms with van der Waals surface area (Å²) in [7, 11) is -2.02. The topological polar surface area (TPSA) is 51.6 Å². The summed E-state index contributed by atoms with van der Waals surface area (Å²) in [4.78, 5) is 5.27. The highest BCUT2D eigenvalue weighted by atomic mass is 127. The first-order valence-corrected chi connectivity index (χ1v) is 17.6. The zero-order chi connectivity index (χ0) is 28.1. The molecule has 2 aromatic rings. The van der Waals surface area contributed by atoms with Crippen molar-refractivity contribution in [1.29, 1.82) is 0 Å². The van der Waals surface area contributed by atoms with Crippen LogP contribution in [0.4, 0.5) is 0 Å². The molecule has 0 aliphatic heterocycles. The van der Waals surface area contributed by atoms with Gasteiger partial charge in [0.2, 0.25) is 0 Å². The van der Waals surface area contributed by atoms with Crippen molar-refractivity contribution in [3.8, 4) is 5.75 Å². The Kier molecular flexibility index (Phi) is 8.72. The standard InChI is InChI=1S/C31H48INO3Si/c1-19(2)27-25(28(34)20-13-15-21(16-14-20)35-29(3,4)5)26(32)24-22(33-27)17-31(9,10)18-23(24)36-37(11,12)30(6,7)8/h13-16,19,23,28,34H,17-18H2,1-12H3/t23-,28+/m0/s1. The van der Waals surface area contributed by atoms with Gasteiger partial charge < -0.3 is 14.3 Å². The molecule has 6 heteroatoms. The van der Waals surface area contributed by atoms with Crippen molar-refractivity contribution < 1.29 is 14.3 Å². The van der Waals surface area contributed by atoms with E-state index in [0.29, 0.717) is 0 Å². The molecule has 0 radical (unpaired) electrons. The number of fused-ring (bicyclic) bond motifs is 1. The molecule has 4 nitrogen and oxygen atoms in total. The molecule has 1 N–H and O–H groups in total. The number of benzene rings is 1. The Bertz CT molecular complexity index is 1110. The number of pyridine rings is 1. The fraction of sp³-hybridized carbons (Fsp3) is 0.645. The van der Waals surface area contributed by atoms with E-state index < -0.39 is 14.4 Å². The Balaban J connectivity index is 2.13. The number of rotatable bonds is 6. The van der Waals surface area contributed by atoms with Gasteiger partial charge in [-0.05, 0) is 103 Å². The van der Waals surface area contributed by atoms with Gasteiger partial charge in [0, 0.05) is 20.4 Å². The minimum Gasteiger partial charge on any atom is -0.488 e. The summed E-state index contributed by atoms with van der Waals surface area (Å²) in [5.41, 5.74) is 4.91. The van der Waals surface area contributed by atoms with Crippen LogP contribution in [0.1, 0.15) is 122 Å². The summed E-state index contributed by atoms with van der Waals surface area (Å²) in [5, 5.41) is 11.9. The largest absolute Gasteiger partial charge is 0.488 e. The van der Waals surface area contributed by atoms with Gasteiger partial charge in [0.15, 0.2) is 8.32 Å². The molecule has 0 fully saturated rings. The van der Waals surface area contributed by atoms with Gasteiger partial charge in [-0.25, -0.2) is 0 Å². The molecule has 37 heavy (non-hydrogen) atoms. The third-order valence-electron chi connectivity index (χ3n) is 7.70. The van der Waals surface area contributed by atoms with E-state index in [0.717, 1.165) is 44.7 Å². The molecule has 0 bridgehead atoms. The molecular weight excluding hydrogens is 589 g/mol. The Labute approximate surface area is 240 Å². The average molecular weight is 638 g/mol. The minimum absolute atomic E-state index is 0.0197. The molecule has 0 saturated heterocycles. The summed E-state index contributed by atoms with van der Waals surface area (Å²) in [6.07, 6.45) is 1.09. The van der Waals surface area contributed by atoms with Crippen LogP contribution in [-0.2, 0) is 10.8 Å². The van der Waals surface area contributed by atoms with E-state index in [9.17, 15) is 5.11 Å². The van der Waals surface area contributed by atoms with Gasteiger partial charge in [0.05, 0.1) is 11.8 Å². The summed E-state index contributed by atoms with van der Waals surface area (Å²) >= 11 is 2.46. The summed E-state index contributed by atoms with van der Waals surface area (Å²) < 4.78 is 14.2. The lowest BCUT2D eigenvalue weighted by Crippen LogP contribution is -2.44. The monoisotopic (exact) mass is 637 g/mol. The maximum atomic E-state index is 11.8. The fourth-order valence-corrected chi connectivity index (χ4v) is 7.31. The highest BCUT2D eigenvalue weighted by Crippen LogP contribution is 2.50. The normalized spacial score (nSPS) is 19.1. The smallest absolute Gasteiger partial charge is 0.192 e. The van der Waals surface area contributed by atoms with Crippen molar-refractivity contribution >= 4 is 30.9 Å². The molecular formula is C31H48INO3Si. The van der Waals surface area contributed by atoms with E-state index in [1.807, 2.05) is 45.0 Å². The Hall–Kier alpha value is -0.963. The van der Waals surface area contributed by atoms with Gasteiger partial charge in [-0.1, -0.05) is 60.6 Å². The number of halogens is 1. The Morgan fingerprint density at radius 2 is 1.62 bits per heavy atom. The third kappa shape index (κ3) is 6.98. The lowest BCUT2D eigenvalue weighted by atomic mass is 9.74. The van der Waals surface area contributed by atoms with Crippen molar-refractivity contribution in [3.63, 3.8) is 0 Å². The lowest BCUT2D eigenvalue weighted by Gasteiger charge is -2.44. The van der Waals surface area contributed by atoms with Crippen molar-refractivity contribution in [2.75, 3.05) is 0 Å². The van der Waals surface area contributed by atoms with E-state index in [1.54, 1.807) is 0 Å². The predicted molar refractivity (Wildman–Crippen MR) is 165 cm³/mol. The molecule has 1 aliphatic rings. The number of aliphatic hydroxyl groups excluding tert-OH is 1. The van der Waals surface area contributed by atoms with Crippen LogP contribution in [0, 0.1) is 8.99 Å². The Morgan fingerprint density at radius 1 is 1.05 bits per heavy atom. The van der Waals surface area contributed by atoms with Gasteiger partial charge in [-0.3, -0.25) is 4.98 Å². The first-order chi connectivity index (χ1) is 16.7. The van der Waals surface area contributed by atoms with Gasteiger partial charge in [0.1, 0.15) is 17.5 Å². The summed E-state index contributed by atoms with van der Waals surface area (Å²) in [6.45, 7) is 26.6. The van der Waals surface area contributed by atoms with Gasteiger partial charge in [-0.15, -0.1) is 0 Å². The number of hydrogen-bond acceptors (Lipinski definition) is 4. The molecule has 3 rings (SSSR count).